The first-order chi connectivity index (χ1) is 13.7. The average molecular weight is 399 g/mol. The van der Waals surface area contributed by atoms with Crippen LogP contribution in [0.5, 0.6) is 0 Å². The molecule has 1 aromatic rings. The number of carbonyl (C=O) groups excluding carboxylic acids is 2. The molecule has 0 spiro atoms. The normalized spacial score (nSPS) is 20.7. The monoisotopic (exact) mass is 399 g/mol. The van der Waals surface area contributed by atoms with Crippen molar-refractivity contribution >= 4 is 11.9 Å². The Kier molecular flexibility index (Phi) is 6.60. The average Bonchev–Trinajstić information content (AvgIpc) is 3.01. The minimum absolute atomic E-state index is 0.0413. The van der Waals surface area contributed by atoms with Gasteiger partial charge in [-0.15, -0.1) is 6.58 Å². The zero-order valence-corrected chi connectivity index (χ0v) is 16.5. The van der Waals surface area contributed by atoms with Crippen molar-refractivity contribution in [3.05, 3.63) is 48.1 Å². The minimum atomic E-state index is -1.21. The molecule has 1 aliphatic carbocycles. The molecule has 1 heterocycles. The quantitative estimate of drug-likeness (QED) is 0.377. The SMILES string of the molecule is C=CCn1cc([C@H](C#N)OC(=O)[C@@H]2[C@H](/C=C(/F)C(=O)OCC)C2(C)C)cc1C#N. The van der Waals surface area contributed by atoms with Crippen LogP contribution in [0.2, 0.25) is 0 Å². The number of nitriles is 2. The number of allylic oxidation sites excluding steroid dienone is 2. The third-order valence-electron chi connectivity index (χ3n) is 4.97. The van der Waals surface area contributed by atoms with Crippen LogP contribution in [-0.4, -0.2) is 23.1 Å². The van der Waals surface area contributed by atoms with E-state index in [0.29, 0.717) is 17.8 Å². The number of esters is 2. The third kappa shape index (κ3) is 4.55. The molecule has 29 heavy (non-hydrogen) atoms. The van der Waals surface area contributed by atoms with E-state index in [0.717, 1.165) is 6.08 Å². The zero-order valence-electron chi connectivity index (χ0n) is 16.5. The number of carbonyl (C=O) groups is 2. The van der Waals surface area contributed by atoms with Gasteiger partial charge in [0.2, 0.25) is 11.9 Å². The molecule has 152 valence electrons. The molecule has 0 N–H and O–H groups in total. The molecule has 0 saturated heterocycles. The molecule has 0 aliphatic heterocycles. The highest BCUT2D eigenvalue weighted by Gasteiger charge is 2.62. The molecule has 3 atom stereocenters. The van der Waals surface area contributed by atoms with Gasteiger partial charge < -0.3 is 14.0 Å². The lowest BCUT2D eigenvalue weighted by molar-refractivity contribution is -0.149. The van der Waals surface area contributed by atoms with Gasteiger partial charge in [0.05, 0.1) is 12.5 Å². The lowest BCUT2D eigenvalue weighted by Crippen LogP contribution is -2.14. The van der Waals surface area contributed by atoms with Crippen molar-refractivity contribution in [3.63, 3.8) is 0 Å². The second-order valence-electron chi connectivity index (χ2n) is 7.22. The minimum Gasteiger partial charge on any atom is -0.461 e. The van der Waals surface area contributed by atoms with Gasteiger partial charge in [-0.3, -0.25) is 4.79 Å². The summed E-state index contributed by atoms with van der Waals surface area (Å²) in [5.41, 5.74) is 0.0378. The smallest absolute Gasteiger partial charge is 0.366 e. The highest BCUT2D eigenvalue weighted by Crippen LogP contribution is 2.60. The van der Waals surface area contributed by atoms with Gasteiger partial charge in [-0.2, -0.15) is 14.9 Å². The molecule has 1 aromatic heterocycles. The number of ether oxygens (including phenoxy) is 2. The summed E-state index contributed by atoms with van der Waals surface area (Å²) in [7, 11) is 0. The Balaban J connectivity index is 2.15. The topological polar surface area (TPSA) is 105 Å². The van der Waals surface area contributed by atoms with E-state index < -0.39 is 41.1 Å². The van der Waals surface area contributed by atoms with Crippen LogP contribution in [-0.2, 0) is 25.6 Å². The summed E-state index contributed by atoms with van der Waals surface area (Å²) >= 11 is 0. The molecule has 1 aliphatic rings. The van der Waals surface area contributed by atoms with Gasteiger partial charge in [0, 0.05) is 18.3 Å². The van der Waals surface area contributed by atoms with E-state index in [1.165, 1.54) is 6.07 Å². The Morgan fingerprint density at radius 1 is 1.45 bits per heavy atom. The third-order valence-corrected chi connectivity index (χ3v) is 4.97. The van der Waals surface area contributed by atoms with Crippen molar-refractivity contribution in [2.24, 2.45) is 17.3 Å². The molecule has 8 heteroatoms. The number of hydrogen-bond donors (Lipinski definition) is 0. The van der Waals surface area contributed by atoms with Crippen molar-refractivity contribution < 1.29 is 23.5 Å². The summed E-state index contributed by atoms with van der Waals surface area (Å²) in [6, 6.07) is 5.38. The van der Waals surface area contributed by atoms with Crippen LogP contribution in [0.4, 0.5) is 4.39 Å². The fourth-order valence-corrected chi connectivity index (χ4v) is 3.28. The number of hydrogen-bond acceptors (Lipinski definition) is 6. The highest BCUT2D eigenvalue weighted by atomic mass is 19.1. The van der Waals surface area contributed by atoms with Crippen molar-refractivity contribution in [1.82, 2.24) is 4.57 Å². The number of nitrogens with zero attached hydrogens (tertiary/aromatic N) is 3. The fourth-order valence-electron chi connectivity index (χ4n) is 3.28. The van der Waals surface area contributed by atoms with E-state index in [1.54, 1.807) is 37.6 Å². The fraction of sp³-hybridized carbons (Fsp3) is 0.429. The first kappa shape index (κ1) is 21.9. The number of aromatic nitrogens is 1. The first-order valence-electron chi connectivity index (χ1n) is 9.06. The van der Waals surface area contributed by atoms with E-state index >= 15 is 0 Å². The largest absolute Gasteiger partial charge is 0.461 e. The van der Waals surface area contributed by atoms with Gasteiger partial charge in [-0.05, 0) is 30.4 Å². The molecule has 7 nitrogen and oxygen atoms in total. The second-order valence-corrected chi connectivity index (χ2v) is 7.22. The van der Waals surface area contributed by atoms with Crippen LogP contribution in [0.1, 0.15) is 38.1 Å². The Labute approximate surface area is 168 Å². The maximum absolute atomic E-state index is 13.9. The molecule has 2 rings (SSSR count). The maximum Gasteiger partial charge on any atom is 0.366 e. The molecule has 0 amide bonds. The summed E-state index contributed by atoms with van der Waals surface area (Å²) in [5, 5.41) is 18.6. The van der Waals surface area contributed by atoms with Crippen LogP contribution >= 0.6 is 0 Å². The molecule has 0 aromatic carbocycles. The van der Waals surface area contributed by atoms with Crippen molar-refractivity contribution in [2.45, 2.75) is 33.4 Å². The Hall–Kier alpha value is -3.39. The predicted octanol–water partition coefficient (Wildman–Crippen LogP) is 3.34. The van der Waals surface area contributed by atoms with Gasteiger partial charge in [-0.1, -0.05) is 19.9 Å². The Morgan fingerprint density at radius 2 is 2.14 bits per heavy atom. The van der Waals surface area contributed by atoms with E-state index in [4.69, 9.17) is 4.74 Å². The molecule has 0 bridgehead atoms. The Morgan fingerprint density at radius 3 is 2.69 bits per heavy atom. The van der Waals surface area contributed by atoms with E-state index in [9.17, 15) is 24.5 Å². The molecule has 1 saturated carbocycles. The van der Waals surface area contributed by atoms with Crippen LogP contribution in [0.25, 0.3) is 0 Å². The van der Waals surface area contributed by atoms with E-state index in [2.05, 4.69) is 11.3 Å². The molecule has 0 radical (unpaired) electrons. The summed E-state index contributed by atoms with van der Waals surface area (Å²) in [5.74, 6) is -4.07. The Bertz CT molecular complexity index is 933. The second kappa shape index (κ2) is 8.74. The van der Waals surface area contributed by atoms with Gasteiger partial charge in [0.15, 0.2) is 0 Å². The van der Waals surface area contributed by atoms with Gasteiger partial charge in [0.25, 0.3) is 0 Å². The lowest BCUT2D eigenvalue weighted by atomic mass is 10.1. The van der Waals surface area contributed by atoms with Crippen LogP contribution < -0.4 is 0 Å². The maximum atomic E-state index is 13.9. The van der Waals surface area contributed by atoms with Crippen LogP contribution in [0.3, 0.4) is 0 Å². The first-order valence-corrected chi connectivity index (χ1v) is 9.06. The van der Waals surface area contributed by atoms with E-state index in [-0.39, 0.29) is 6.61 Å². The van der Waals surface area contributed by atoms with E-state index in [1.807, 2.05) is 12.1 Å². The molecule has 1 fully saturated rings. The zero-order chi connectivity index (χ0) is 21.8. The highest BCUT2D eigenvalue weighted by molar-refractivity contribution is 5.87. The van der Waals surface area contributed by atoms with Gasteiger partial charge in [-0.25, -0.2) is 4.79 Å². The van der Waals surface area contributed by atoms with Gasteiger partial charge in [0.1, 0.15) is 17.8 Å². The molecular formula is C21H22FN3O4. The lowest BCUT2D eigenvalue weighted by Gasteiger charge is -2.10. The molecular weight excluding hydrogens is 377 g/mol. The summed E-state index contributed by atoms with van der Waals surface area (Å²) < 4.78 is 25.5. The standard InChI is InChI=1S/C21H22FN3O4/c1-5-7-25-12-13(8-14(25)10-23)17(11-24)29-20(27)18-15(21(18,3)4)9-16(22)19(26)28-6-2/h5,8-9,12,15,17-18H,1,6-7H2,2-4H3/b16-9+/t15-,17-,18-/m0/s1. The molecule has 0 unspecified atom stereocenters. The number of halogens is 1. The number of rotatable bonds is 8. The van der Waals surface area contributed by atoms with Crippen molar-refractivity contribution in [1.29, 1.82) is 10.5 Å². The van der Waals surface area contributed by atoms with Gasteiger partial charge >= 0.3 is 11.9 Å². The van der Waals surface area contributed by atoms with Crippen LogP contribution in [0.15, 0.2) is 36.8 Å². The summed E-state index contributed by atoms with van der Waals surface area (Å²) in [4.78, 5) is 24.1. The van der Waals surface area contributed by atoms with Crippen LogP contribution in [0, 0.1) is 39.9 Å². The summed E-state index contributed by atoms with van der Waals surface area (Å²) in [6.07, 6.45) is 3.01. The van der Waals surface area contributed by atoms with Crippen molar-refractivity contribution in [2.75, 3.05) is 6.61 Å². The summed E-state index contributed by atoms with van der Waals surface area (Å²) in [6.45, 7) is 9.07. The predicted molar refractivity (Wildman–Crippen MR) is 100 cm³/mol. The van der Waals surface area contributed by atoms with Crippen molar-refractivity contribution in [3.8, 4) is 12.1 Å².